The highest BCUT2D eigenvalue weighted by Crippen LogP contribution is 2.35. The SMILES string of the molecule is CCOc1cc(-c2nc3sc4c(c3c(=O)[nH]2)CCCCC4)ccc1OCC(=O)Nc1ccccc1. The molecule has 0 fully saturated rings. The van der Waals surface area contributed by atoms with Crippen LogP contribution in [-0.2, 0) is 17.6 Å². The topological polar surface area (TPSA) is 93.3 Å². The van der Waals surface area contributed by atoms with E-state index in [4.69, 9.17) is 14.5 Å². The molecule has 2 heterocycles. The number of aryl methyl sites for hydroxylation is 2. The number of rotatable bonds is 7. The van der Waals surface area contributed by atoms with Gasteiger partial charge in [0, 0.05) is 16.1 Å². The molecule has 1 aliphatic carbocycles. The van der Waals surface area contributed by atoms with Gasteiger partial charge in [-0.2, -0.15) is 0 Å². The number of hydrogen-bond acceptors (Lipinski definition) is 6. The van der Waals surface area contributed by atoms with Crippen LogP contribution < -0.4 is 20.3 Å². The zero-order valence-electron chi connectivity index (χ0n) is 19.6. The van der Waals surface area contributed by atoms with Gasteiger partial charge in [0.05, 0.1) is 12.0 Å². The number of nitrogens with one attached hydrogen (secondary N) is 2. The average Bonchev–Trinajstić information content (AvgIpc) is 3.06. The molecule has 0 bridgehead atoms. The number of nitrogens with zero attached hydrogens (tertiary/aromatic N) is 1. The van der Waals surface area contributed by atoms with E-state index < -0.39 is 0 Å². The summed E-state index contributed by atoms with van der Waals surface area (Å²) in [6, 6.07) is 14.6. The third-order valence-electron chi connectivity index (χ3n) is 6.01. The maximum Gasteiger partial charge on any atom is 0.262 e. The van der Waals surface area contributed by atoms with Crippen LogP contribution in [0.3, 0.4) is 0 Å². The summed E-state index contributed by atoms with van der Waals surface area (Å²) in [5, 5.41) is 3.54. The van der Waals surface area contributed by atoms with Gasteiger partial charge >= 0.3 is 0 Å². The van der Waals surface area contributed by atoms with Crippen molar-refractivity contribution in [3.8, 4) is 22.9 Å². The van der Waals surface area contributed by atoms with Gasteiger partial charge in [-0.05, 0) is 68.5 Å². The summed E-state index contributed by atoms with van der Waals surface area (Å²) < 4.78 is 11.5. The first-order valence-corrected chi connectivity index (χ1v) is 12.7. The van der Waals surface area contributed by atoms with Crippen molar-refractivity contribution < 1.29 is 14.3 Å². The molecule has 0 unspecified atom stereocenters. The Morgan fingerprint density at radius 3 is 2.71 bits per heavy atom. The van der Waals surface area contributed by atoms with Gasteiger partial charge in [-0.1, -0.05) is 24.6 Å². The van der Waals surface area contributed by atoms with E-state index in [1.807, 2.05) is 43.3 Å². The third-order valence-corrected chi connectivity index (χ3v) is 7.19. The predicted molar refractivity (Wildman–Crippen MR) is 139 cm³/mol. The van der Waals surface area contributed by atoms with Gasteiger partial charge < -0.3 is 19.8 Å². The van der Waals surface area contributed by atoms with E-state index in [0.29, 0.717) is 29.6 Å². The van der Waals surface area contributed by atoms with Crippen LogP contribution in [0.5, 0.6) is 11.5 Å². The fourth-order valence-corrected chi connectivity index (χ4v) is 5.64. The molecule has 0 aliphatic heterocycles. The Balaban J connectivity index is 1.39. The lowest BCUT2D eigenvalue weighted by atomic mass is 10.1. The molecule has 0 radical (unpaired) electrons. The van der Waals surface area contributed by atoms with E-state index in [1.165, 1.54) is 16.9 Å². The Hall–Kier alpha value is -3.65. The van der Waals surface area contributed by atoms with Crippen molar-refractivity contribution in [3.63, 3.8) is 0 Å². The van der Waals surface area contributed by atoms with Gasteiger partial charge in [0.25, 0.3) is 11.5 Å². The van der Waals surface area contributed by atoms with Crippen molar-refractivity contribution in [1.82, 2.24) is 9.97 Å². The van der Waals surface area contributed by atoms with E-state index in [-0.39, 0.29) is 18.1 Å². The zero-order valence-corrected chi connectivity index (χ0v) is 20.4. The quantitative estimate of drug-likeness (QED) is 0.342. The van der Waals surface area contributed by atoms with Crippen molar-refractivity contribution in [1.29, 1.82) is 0 Å². The maximum absolute atomic E-state index is 13.0. The molecule has 2 aromatic carbocycles. The molecule has 0 atom stereocenters. The van der Waals surface area contributed by atoms with Gasteiger partial charge in [0.15, 0.2) is 18.1 Å². The summed E-state index contributed by atoms with van der Waals surface area (Å²) in [5.41, 5.74) is 2.51. The Bertz CT molecular complexity index is 1410. The lowest BCUT2D eigenvalue weighted by molar-refractivity contribution is -0.118. The average molecular weight is 490 g/mol. The predicted octanol–water partition coefficient (Wildman–Crippen LogP) is 5.34. The minimum atomic E-state index is -0.267. The highest BCUT2D eigenvalue weighted by atomic mass is 32.1. The number of thiophene rings is 1. The first-order chi connectivity index (χ1) is 17.1. The molecule has 1 aliphatic rings. The summed E-state index contributed by atoms with van der Waals surface area (Å²) in [5.74, 6) is 1.16. The largest absolute Gasteiger partial charge is 0.490 e. The first kappa shape index (κ1) is 23.1. The minimum absolute atomic E-state index is 0.0970. The highest BCUT2D eigenvalue weighted by molar-refractivity contribution is 7.18. The van der Waals surface area contributed by atoms with Crippen molar-refractivity contribution >= 4 is 33.1 Å². The molecule has 5 rings (SSSR count). The Kier molecular flexibility index (Phi) is 6.81. The summed E-state index contributed by atoms with van der Waals surface area (Å²) in [6.45, 7) is 2.15. The van der Waals surface area contributed by atoms with Crippen LogP contribution in [0.4, 0.5) is 5.69 Å². The summed E-state index contributed by atoms with van der Waals surface area (Å²) in [4.78, 5) is 35.2. The number of ether oxygens (including phenoxy) is 2. The van der Waals surface area contributed by atoms with Crippen LogP contribution in [-0.4, -0.2) is 29.1 Å². The van der Waals surface area contributed by atoms with E-state index in [1.54, 1.807) is 23.5 Å². The summed E-state index contributed by atoms with van der Waals surface area (Å²) in [7, 11) is 0. The maximum atomic E-state index is 13.0. The van der Waals surface area contributed by atoms with Gasteiger partial charge in [0.1, 0.15) is 10.7 Å². The van der Waals surface area contributed by atoms with Crippen molar-refractivity contribution in [2.24, 2.45) is 0 Å². The fraction of sp³-hybridized carbons (Fsp3) is 0.296. The standard InChI is InChI=1S/C27H27N3O4S/c1-2-33-21-15-17(13-14-20(21)34-16-23(31)28-18-9-5-3-6-10-18)25-29-26(32)24-19-11-7-4-8-12-22(19)35-27(24)30-25/h3,5-6,9-10,13-15H,2,4,7-8,11-12,16H2,1H3,(H,28,31)(H,29,30,32). The van der Waals surface area contributed by atoms with Crippen molar-refractivity contribution in [2.45, 2.75) is 39.0 Å². The third kappa shape index (κ3) is 5.07. The van der Waals surface area contributed by atoms with Crippen LogP contribution in [0.15, 0.2) is 53.3 Å². The van der Waals surface area contributed by atoms with E-state index in [9.17, 15) is 9.59 Å². The number of aromatic nitrogens is 2. The minimum Gasteiger partial charge on any atom is -0.490 e. The molecular weight excluding hydrogens is 462 g/mol. The van der Waals surface area contributed by atoms with E-state index in [0.717, 1.165) is 41.5 Å². The molecule has 4 aromatic rings. The van der Waals surface area contributed by atoms with Crippen molar-refractivity contribution in [2.75, 3.05) is 18.5 Å². The monoisotopic (exact) mass is 489 g/mol. The number of fused-ring (bicyclic) bond motifs is 3. The smallest absolute Gasteiger partial charge is 0.262 e. The van der Waals surface area contributed by atoms with E-state index in [2.05, 4.69) is 10.3 Å². The van der Waals surface area contributed by atoms with Gasteiger partial charge in [-0.15, -0.1) is 11.3 Å². The number of benzene rings is 2. The lowest BCUT2D eigenvalue weighted by Gasteiger charge is -2.13. The summed E-state index contributed by atoms with van der Waals surface area (Å²) in [6.07, 6.45) is 5.44. The number of hydrogen-bond donors (Lipinski definition) is 2. The first-order valence-electron chi connectivity index (χ1n) is 11.9. The number of amides is 1. The van der Waals surface area contributed by atoms with Gasteiger partial charge in [-0.3, -0.25) is 9.59 Å². The second-order valence-electron chi connectivity index (χ2n) is 8.46. The number of carbonyl (C=O) groups is 1. The highest BCUT2D eigenvalue weighted by Gasteiger charge is 2.20. The van der Waals surface area contributed by atoms with Crippen LogP contribution in [0.1, 0.15) is 36.6 Å². The molecule has 0 spiro atoms. The lowest BCUT2D eigenvalue weighted by Crippen LogP contribution is -2.20. The molecule has 0 saturated carbocycles. The number of aromatic amines is 1. The van der Waals surface area contributed by atoms with Gasteiger partial charge in [-0.25, -0.2) is 4.98 Å². The molecule has 1 amide bonds. The Morgan fingerprint density at radius 1 is 1.06 bits per heavy atom. The molecule has 2 N–H and O–H groups in total. The molecule has 180 valence electrons. The van der Waals surface area contributed by atoms with Crippen LogP contribution in [0.25, 0.3) is 21.6 Å². The van der Waals surface area contributed by atoms with Gasteiger partial charge in [0.2, 0.25) is 0 Å². The molecule has 35 heavy (non-hydrogen) atoms. The van der Waals surface area contributed by atoms with Crippen LogP contribution in [0.2, 0.25) is 0 Å². The number of para-hydroxylation sites is 1. The number of anilines is 1. The molecule has 7 nitrogen and oxygen atoms in total. The zero-order chi connectivity index (χ0) is 24.2. The number of H-pyrrole nitrogens is 1. The van der Waals surface area contributed by atoms with Crippen molar-refractivity contribution in [3.05, 3.63) is 69.3 Å². The second-order valence-corrected chi connectivity index (χ2v) is 9.54. The molecule has 2 aromatic heterocycles. The molecule has 8 heteroatoms. The van der Waals surface area contributed by atoms with E-state index >= 15 is 0 Å². The molecule has 0 saturated heterocycles. The Labute approximate surface area is 207 Å². The molecular formula is C27H27N3O4S. The van der Waals surface area contributed by atoms with Crippen LogP contribution >= 0.6 is 11.3 Å². The second kappa shape index (κ2) is 10.3. The Morgan fingerprint density at radius 2 is 1.89 bits per heavy atom. The normalized spacial score (nSPS) is 13.2. The van der Waals surface area contributed by atoms with Crippen LogP contribution in [0, 0.1) is 0 Å². The number of carbonyl (C=O) groups excluding carboxylic acids is 1. The fourth-order valence-electron chi connectivity index (χ4n) is 4.38. The summed E-state index contributed by atoms with van der Waals surface area (Å²) >= 11 is 1.63.